The zero-order chi connectivity index (χ0) is 11.1. The summed E-state index contributed by atoms with van der Waals surface area (Å²) in [5.41, 5.74) is 1.02. The van der Waals surface area contributed by atoms with E-state index in [0.29, 0.717) is 5.02 Å². The molecule has 15 heavy (non-hydrogen) atoms. The van der Waals surface area contributed by atoms with Crippen molar-refractivity contribution < 1.29 is 0 Å². The van der Waals surface area contributed by atoms with E-state index in [1.54, 1.807) is 6.07 Å². The maximum absolute atomic E-state index is 6.01. The van der Waals surface area contributed by atoms with Crippen molar-refractivity contribution in [3.8, 4) is 12.3 Å². The third-order valence-corrected chi connectivity index (χ3v) is 2.60. The van der Waals surface area contributed by atoms with Gasteiger partial charge >= 0.3 is 0 Å². The Kier molecular flexibility index (Phi) is 5.57. The molecule has 0 bridgehead atoms. The molecule has 0 aromatic heterocycles. The lowest BCUT2D eigenvalue weighted by atomic mass is 10.2. The van der Waals surface area contributed by atoms with Crippen molar-refractivity contribution >= 4 is 23.2 Å². The molecule has 0 aliphatic carbocycles. The molecule has 0 radical (unpaired) electrons. The van der Waals surface area contributed by atoms with Crippen LogP contribution < -0.4 is 5.32 Å². The van der Waals surface area contributed by atoms with Gasteiger partial charge in [-0.25, -0.2) is 0 Å². The van der Waals surface area contributed by atoms with E-state index in [9.17, 15) is 0 Å². The summed E-state index contributed by atoms with van der Waals surface area (Å²) in [6, 6.07) is 5.46. The molecule has 0 saturated carbocycles. The molecule has 0 amide bonds. The monoisotopic (exact) mass is 241 g/mol. The van der Waals surface area contributed by atoms with Crippen LogP contribution in [0, 0.1) is 12.3 Å². The first-order chi connectivity index (χ1) is 7.24. The predicted octanol–water partition coefficient (Wildman–Crippen LogP) is 3.50. The van der Waals surface area contributed by atoms with Gasteiger partial charge in [0.2, 0.25) is 0 Å². The van der Waals surface area contributed by atoms with Crippen LogP contribution >= 0.6 is 23.2 Å². The molecule has 0 heterocycles. The first kappa shape index (κ1) is 12.4. The van der Waals surface area contributed by atoms with E-state index in [2.05, 4.69) is 11.2 Å². The van der Waals surface area contributed by atoms with Gasteiger partial charge in [0, 0.05) is 23.0 Å². The molecular weight excluding hydrogens is 229 g/mol. The van der Waals surface area contributed by atoms with Gasteiger partial charge in [-0.2, -0.15) is 0 Å². The molecule has 0 saturated heterocycles. The zero-order valence-corrected chi connectivity index (χ0v) is 9.91. The maximum Gasteiger partial charge on any atom is 0.0451 e. The van der Waals surface area contributed by atoms with Gasteiger partial charge in [-0.05, 0) is 36.7 Å². The summed E-state index contributed by atoms with van der Waals surface area (Å²) in [7, 11) is 0. The van der Waals surface area contributed by atoms with Crippen LogP contribution in [0.5, 0.6) is 0 Å². The van der Waals surface area contributed by atoms with Gasteiger partial charge in [-0.1, -0.05) is 23.2 Å². The molecule has 1 nitrogen and oxygen atoms in total. The van der Waals surface area contributed by atoms with Crippen LogP contribution in [-0.4, -0.2) is 6.54 Å². The van der Waals surface area contributed by atoms with Gasteiger partial charge in [0.1, 0.15) is 0 Å². The lowest BCUT2D eigenvalue weighted by molar-refractivity contribution is 0.659. The van der Waals surface area contributed by atoms with Gasteiger partial charge < -0.3 is 5.32 Å². The lowest BCUT2D eigenvalue weighted by Gasteiger charge is -2.06. The van der Waals surface area contributed by atoms with E-state index < -0.39 is 0 Å². The summed E-state index contributed by atoms with van der Waals surface area (Å²) in [4.78, 5) is 0. The molecule has 1 rings (SSSR count). The second-order valence-electron chi connectivity index (χ2n) is 3.22. The first-order valence-electron chi connectivity index (χ1n) is 4.82. The smallest absolute Gasteiger partial charge is 0.0451 e. The van der Waals surface area contributed by atoms with Crippen LogP contribution in [0.4, 0.5) is 0 Å². The normalized spacial score (nSPS) is 9.93. The van der Waals surface area contributed by atoms with E-state index in [4.69, 9.17) is 29.6 Å². The second-order valence-corrected chi connectivity index (χ2v) is 4.06. The summed E-state index contributed by atoms with van der Waals surface area (Å²) in [6.07, 6.45) is 6.93. The molecule has 3 heteroatoms. The number of nitrogens with one attached hydrogen (secondary N) is 1. The fourth-order valence-electron chi connectivity index (χ4n) is 1.22. The van der Waals surface area contributed by atoms with E-state index in [1.165, 1.54) is 0 Å². The first-order valence-corrected chi connectivity index (χ1v) is 5.57. The largest absolute Gasteiger partial charge is 0.313 e. The molecule has 0 fully saturated rings. The van der Waals surface area contributed by atoms with Gasteiger partial charge in [0.25, 0.3) is 0 Å². The fraction of sp³-hybridized carbons (Fsp3) is 0.333. The molecule has 0 aliphatic heterocycles. The molecule has 0 atom stereocenters. The lowest BCUT2D eigenvalue weighted by Crippen LogP contribution is -2.14. The van der Waals surface area contributed by atoms with Crippen molar-refractivity contribution in [2.24, 2.45) is 0 Å². The minimum Gasteiger partial charge on any atom is -0.313 e. The van der Waals surface area contributed by atoms with Crippen molar-refractivity contribution in [3.63, 3.8) is 0 Å². The Labute approximate surface area is 101 Å². The van der Waals surface area contributed by atoms with Crippen LogP contribution in [0.1, 0.15) is 18.4 Å². The average Bonchev–Trinajstić information content (AvgIpc) is 2.23. The molecular formula is C12H13Cl2N. The number of rotatable bonds is 5. The van der Waals surface area contributed by atoms with Crippen molar-refractivity contribution in [1.29, 1.82) is 0 Å². The van der Waals surface area contributed by atoms with Crippen LogP contribution in [0.25, 0.3) is 0 Å². The highest BCUT2D eigenvalue weighted by atomic mass is 35.5. The van der Waals surface area contributed by atoms with Crippen LogP contribution in [0.2, 0.25) is 10.0 Å². The van der Waals surface area contributed by atoms with E-state index in [0.717, 1.165) is 36.5 Å². The van der Waals surface area contributed by atoms with Crippen molar-refractivity contribution in [3.05, 3.63) is 33.8 Å². The highest BCUT2D eigenvalue weighted by Gasteiger charge is 2.00. The minimum atomic E-state index is 0.708. The van der Waals surface area contributed by atoms with Crippen molar-refractivity contribution in [2.75, 3.05) is 6.54 Å². The third kappa shape index (κ3) is 4.57. The Bertz CT molecular complexity index is 355. The highest BCUT2D eigenvalue weighted by Crippen LogP contribution is 2.20. The maximum atomic E-state index is 6.01. The average molecular weight is 242 g/mol. The zero-order valence-electron chi connectivity index (χ0n) is 8.39. The van der Waals surface area contributed by atoms with Gasteiger partial charge in [-0.3, -0.25) is 0 Å². The Morgan fingerprint density at radius 1 is 1.33 bits per heavy atom. The number of halogens is 2. The number of benzene rings is 1. The van der Waals surface area contributed by atoms with Crippen molar-refractivity contribution in [2.45, 2.75) is 19.4 Å². The standard InChI is InChI=1S/C12H13Cl2N/c1-2-3-4-7-15-9-10-8-11(13)5-6-12(10)14/h1,5-6,8,15H,3-4,7,9H2. The SMILES string of the molecule is C#CCCCNCc1cc(Cl)ccc1Cl. The number of hydrogen-bond donors (Lipinski definition) is 1. The van der Waals surface area contributed by atoms with Crippen LogP contribution in [0.15, 0.2) is 18.2 Å². The van der Waals surface area contributed by atoms with E-state index in [-0.39, 0.29) is 0 Å². The Morgan fingerprint density at radius 2 is 2.13 bits per heavy atom. The fourth-order valence-corrected chi connectivity index (χ4v) is 1.60. The van der Waals surface area contributed by atoms with Gasteiger partial charge in [0.15, 0.2) is 0 Å². The molecule has 1 N–H and O–H groups in total. The number of unbranched alkanes of at least 4 members (excludes halogenated alkanes) is 1. The van der Waals surface area contributed by atoms with E-state index >= 15 is 0 Å². The number of terminal acetylenes is 1. The highest BCUT2D eigenvalue weighted by molar-refractivity contribution is 6.33. The summed E-state index contributed by atoms with van der Waals surface area (Å²) in [6.45, 7) is 1.62. The van der Waals surface area contributed by atoms with Gasteiger partial charge in [0.05, 0.1) is 0 Å². The van der Waals surface area contributed by atoms with Gasteiger partial charge in [-0.15, -0.1) is 12.3 Å². The molecule has 0 spiro atoms. The Hall–Kier alpha value is -0.680. The van der Waals surface area contributed by atoms with Crippen LogP contribution in [-0.2, 0) is 6.54 Å². The molecule has 0 aliphatic rings. The topological polar surface area (TPSA) is 12.0 Å². The summed E-state index contributed by atoms with van der Waals surface area (Å²) in [5.74, 6) is 2.60. The number of hydrogen-bond acceptors (Lipinski definition) is 1. The van der Waals surface area contributed by atoms with Crippen molar-refractivity contribution in [1.82, 2.24) is 5.32 Å². The second kappa shape index (κ2) is 6.74. The molecule has 80 valence electrons. The quantitative estimate of drug-likeness (QED) is 0.615. The molecule has 1 aromatic rings. The third-order valence-electron chi connectivity index (χ3n) is 2.00. The van der Waals surface area contributed by atoms with Crippen LogP contribution in [0.3, 0.4) is 0 Å². The summed E-state index contributed by atoms with van der Waals surface area (Å²) in [5, 5.41) is 4.71. The summed E-state index contributed by atoms with van der Waals surface area (Å²) < 4.78 is 0. The molecule has 0 unspecified atom stereocenters. The predicted molar refractivity (Wildman–Crippen MR) is 66.2 cm³/mol. The Balaban J connectivity index is 2.37. The minimum absolute atomic E-state index is 0.708. The van der Waals surface area contributed by atoms with E-state index in [1.807, 2.05) is 12.1 Å². The summed E-state index contributed by atoms with van der Waals surface area (Å²) >= 11 is 11.9. The Morgan fingerprint density at radius 3 is 2.87 bits per heavy atom. The molecule has 1 aromatic carbocycles.